The lowest BCUT2D eigenvalue weighted by molar-refractivity contribution is -0.290. The molecule has 0 amide bonds. The van der Waals surface area contributed by atoms with Crippen LogP contribution in [-0.2, 0) is 9.84 Å². The van der Waals surface area contributed by atoms with E-state index in [1.54, 1.807) is 30.4 Å². The number of nitro groups is 1. The van der Waals surface area contributed by atoms with Crippen LogP contribution in [0.4, 0.5) is 0 Å². The fraction of sp³-hybridized carbons (Fsp3) is 0.500. The normalized spacial score (nSPS) is 22.5. The Hall–Kier alpha value is -1.74. The zero-order valence-electron chi connectivity index (χ0n) is 14.4. The van der Waals surface area contributed by atoms with E-state index in [-0.39, 0.29) is 10.1 Å². The molecule has 0 fully saturated rings. The molecule has 1 aliphatic heterocycles. The molecule has 0 saturated carbocycles. The Morgan fingerprint density at radius 3 is 2.68 bits per heavy atom. The van der Waals surface area contributed by atoms with Crippen molar-refractivity contribution in [3.8, 4) is 11.5 Å². The molecule has 0 aromatic heterocycles. The predicted octanol–water partition coefficient (Wildman–Crippen LogP) is 2.35. The van der Waals surface area contributed by atoms with Crippen molar-refractivity contribution in [2.75, 3.05) is 31.5 Å². The molecule has 9 heteroatoms. The van der Waals surface area contributed by atoms with Gasteiger partial charge < -0.3 is 9.47 Å². The lowest BCUT2D eigenvalue weighted by atomic mass is 9.96. The van der Waals surface area contributed by atoms with Crippen molar-refractivity contribution in [2.45, 2.75) is 18.1 Å². The van der Waals surface area contributed by atoms with Gasteiger partial charge in [0, 0.05) is 23.3 Å². The van der Waals surface area contributed by atoms with Gasteiger partial charge in [0.05, 0.1) is 34.8 Å². The van der Waals surface area contributed by atoms with Crippen LogP contribution in [0.5, 0.6) is 11.5 Å². The first-order chi connectivity index (χ1) is 11.8. The smallest absolute Gasteiger partial charge is 0.161 e. The average molecular weight is 389 g/mol. The number of methoxy groups -OCH3 is 1. The van der Waals surface area contributed by atoms with Gasteiger partial charge in [-0.2, -0.15) is 0 Å². The van der Waals surface area contributed by atoms with E-state index in [1.165, 1.54) is 7.11 Å². The molecule has 7 nitrogen and oxygen atoms in total. The molecule has 2 rings (SSSR count). The molecule has 1 heterocycles. The maximum atomic E-state index is 11.9. The van der Waals surface area contributed by atoms with Gasteiger partial charge in [-0.3, -0.25) is 10.1 Å². The van der Waals surface area contributed by atoms with Crippen molar-refractivity contribution in [3.63, 3.8) is 0 Å². The number of hydrogen-bond donors (Lipinski definition) is 1. The van der Waals surface area contributed by atoms with Crippen molar-refractivity contribution in [1.82, 2.24) is 0 Å². The first kappa shape index (κ1) is 19.6. The van der Waals surface area contributed by atoms with Gasteiger partial charge >= 0.3 is 0 Å². The van der Waals surface area contributed by atoms with E-state index in [0.717, 1.165) is 6.26 Å². The molecule has 1 aromatic carbocycles. The second-order valence-corrected chi connectivity index (χ2v) is 10.2. The lowest BCUT2D eigenvalue weighted by Gasteiger charge is -2.26. The summed E-state index contributed by atoms with van der Waals surface area (Å²) in [6.45, 7) is 2.27. The van der Waals surface area contributed by atoms with Crippen LogP contribution in [-0.4, -0.2) is 49.5 Å². The van der Waals surface area contributed by atoms with Gasteiger partial charge in [-0.1, -0.05) is 18.2 Å². The van der Waals surface area contributed by atoms with Crippen molar-refractivity contribution < 1.29 is 22.2 Å². The highest BCUT2D eigenvalue weighted by molar-refractivity contribution is 8.12. The van der Waals surface area contributed by atoms with Crippen LogP contribution in [0, 0.1) is 10.1 Å². The van der Waals surface area contributed by atoms with Gasteiger partial charge in [-0.15, -0.1) is 0 Å². The fourth-order valence-electron chi connectivity index (χ4n) is 2.96. The Morgan fingerprint density at radius 1 is 1.40 bits per heavy atom. The molecule has 0 aliphatic carbocycles. The van der Waals surface area contributed by atoms with E-state index in [9.17, 15) is 18.5 Å². The van der Waals surface area contributed by atoms with E-state index < -0.39 is 32.1 Å². The quantitative estimate of drug-likeness (QED) is 0.317. The summed E-state index contributed by atoms with van der Waals surface area (Å²) in [4.78, 5) is 11.4. The third-order valence-corrected chi connectivity index (χ3v) is 7.18. The second-order valence-electron chi connectivity index (χ2n) is 5.82. The van der Waals surface area contributed by atoms with Crippen LogP contribution in [0.15, 0.2) is 30.4 Å². The molecule has 0 bridgehead atoms. The lowest BCUT2D eigenvalue weighted by Crippen LogP contribution is -2.25. The number of benzene rings is 1. The minimum Gasteiger partial charge on any atom is -0.493 e. The van der Waals surface area contributed by atoms with Gasteiger partial charge in [0.1, 0.15) is 9.84 Å². The summed E-state index contributed by atoms with van der Waals surface area (Å²) < 4.78 is 34.4. The highest BCUT2D eigenvalue weighted by Gasteiger charge is 2.37. The van der Waals surface area contributed by atoms with Gasteiger partial charge in [0.25, 0.3) is 0 Å². The SMILES string of the molecule is CCOc1cc(C(CS(C)(=O)=O)[C@@H]2C=CC[SH]2[N+](=O)[O-])ccc1OC. The molecule has 140 valence electrons. The molecule has 0 saturated heterocycles. The molecule has 0 spiro atoms. The minimum absolute atomic E-state index is 0.146. The van der Waals surface area contributed by atoms with Gasteiger partial charge in [0.15, 0.2) is 11.5 Å². The van der Waals surface area contributed by atoms with Crippen LogP contribution in [0.3, 0.4) is 0 Å². The highest BCUT2D eigenvalue weighted by Crippen LogP contribution is 2.46. The third kappa shape index (κ3) is 4.88. The molecule has 0 radical (unpaired) electrons. The molecule has 1 aliphatic rings. The van der Waals surface area contributed by atoms with Crippen molar-refractivity contribution in [1.29, 1.82) is 0 Å². The zero-order valence-corrected chi connectivity index (χ0v) is 16.1. The number of ether oxygens (including phenoxy) is 2. The maximum absolute atomic E-state index is 11.9. The standard InChI is InChI=1S/C16H23NO6S2/c1-4-23-15-10-12(7-8-14(15)22-2)13(11-25(3,20)21)16-6-5-9-24(16)17(18)19/h5-8,10,13,16,24H,4,9,11H2,1-3H3/t13?,16-/m0/s1. The summed E-state index contributed by atoms with van der Waals surface area (Å²) >= 11 is -1.54. The van der Waals surface area contributed by atoms with E-state index in [2.05, 4.69) is 0 Å². The van der Waals surface area contributed by atoms with Crippen molar-refractivity contribution >= 4 is 20.9 Å². The Labute approximate surface area is 150 Å². The average Bonchev–Trinajstić information content (AvgIpc) is 3.01. The van der Waals surface area contributed by atoms with Gasteiger partial charge in [-0.25, -0.2) is 8.42 Å². The first-order valence-corrected chi connectivity index (χ1v) is 11.4. The van der Waals surface area contributed by atoms with Crippen molar-refractivity contribution in [3.05, 3.63) is 46.0 Å². The number of rotatable bonds is 8. The van der Waals surface area contributed by atoms with Gasteiger partial charge in [0.2, 0.25) is 0 Å². The summed E-state index contributed by atoms with van der Waals surface area (Å²) in [6.07, 6.45) is 4.72. The molecule has 3 atom stereocenters. The Balaban J connectivity index is 2.47. The van der Waals surface area contributed by atoms with Gasteiger partial charge in [-0.05, 0) is 24.6 Å². The minimum atomic E-state index is -3.32. The molecular formula is C16H23NO6S2. The zero-order chi connectivity index (χ0) is 18.6. The molecule has 0 N–H and O–H groups in total. The number of hydrogen-bond acceptors (Lipinski definition) is 6. The molecule has 2 unspecified atom stereocenters. The molecule has 25 heavy (non-hydrogen) atoms. The van der Waals surface area contributed by atoms with E-state index in [0.29, 0.717) is 29.4 Å². The topological polar surface area (TPSA) is 95.7 Å². The summed E-state index contributed by atoms with van der Waals surface area (Å²) in [5.74, 6) is 0.792. The summed E-state index contributed by atoms with van der Waals surface area (Å²) in [5.41, 5.74) is 0.709. The maximum Gasteiger partial charge on any atom is 0.161 e. The monoisotopic (exact) mass is 389 g/mol. The molecular weight excluding hydrogens is 366 g/mol. The highest BCUT2D eigenvalue weighted by atomic mass is 32.2. The third-order valence-electron chi connectivity index (χ3n) is 3.99. The van der Waals surface area contributed by atoms with E-state index in [4.69, 9.17) is 9.47 Å². The first-order valence-electron chi connectivity index (χ1n) is 7.83. The fourth-order valence-corrected chi connectivity index (χ4v) is 6.10. The van der Waals surface area contributed by atoms with Crippen LogP contribution < -0.4 is 9.47 Å². The predicted molar refractivity (Wildman–Crippen MR) is 100 cm³/mol. The Bertz CT molecular complexity index is 762. The van der Waals surface area contributed by atoms with Crippen LogP contribution in [0.2, 0.25) is 0 Å². The largest absolute Gasteiger partial charge is 0.493 e. The Morgan fingerprint density at radius 2 is 2.12 bits per heavy atom. The van der Waals surface area contributed by atoms with Crippen molar-refractivity contribution in [2.24, 2.45) is 0 Å². The van der Waals surface area contributed by atoms with E-state index >= 15 is 0 Å². The molecule has 1 aromatic rings. The van der Waals surface area contributed by atoms with Crippen LogP contribution in [0.1, 0.15) is 18.4 Å². The van der Waals surface area contributed by atoms with Crippen LogP contribution >= 0.6 is 11.1 Å². The second kappa shape index (κ2) is 8.09. The van der Waals surface area contributed by atoms with Crippen LogP contribution in [0.25, 0.3) is 0 Å². The number of sulfone groups is 1. The number of thiol groups is 1. The summed E-state index contributed by atoms with van der Waals surface area (Å²) in [7, 11) is -1.79. The summed E-state index contributed by atoms with van der Waals surface area (Å²) in [6, 6.07) is 5.21. The summed E-state index contributed by atoms with van der Waals surface area (Å²) in [5, 5.41) is 11.0. The number of nitrogens with zero attached hydrogens (tertiary/aromatic N) is 1. The Kier molecular flexibility index (Phi) is 6.34. The van der Waals surface area contributed by atoms with E-state index in [1.807, 2.05) is 6.92 Å².